The highest BCUT2D eigenvalue weighted by atomic mass is 32.2. The SMILES string of the molecule is CSc1ccc(C)c(C(=O)Nc2nc(-c3ccc(NS(C)(=O)=O)cc3)cs2)c1. The third kappa shape index (κ3) is 5.12. The third-order valence-electron chi connectivity index (χ3n) is 3.90. The van der Waals surface area contributed by atoms with Crippen molar-refractivity contribution in [2.24, 2.45) is 0 Å². The smallest absolute Gasteiger partial charge is 0.257 e. The highest BCUT2D eigenvalue weighted by molar-refractivity contribution is 7.98. The molecule has 0 fully saturated rings. The van der Waals surface area contributed by atoms with Crippen LogP contribution in [0.4, 0.5) is 10.8 Å². The fourth-order valence-corrected chi connectivity index (χ4v) is 4.24. The lowest BCUT2D eigenvalue weighted by Gasteiger charge is -2.07. The van der Waals surface area contributed by atoms with Crippen molar-refractivity contribution in [2.45, 2.75) is 11.8 Å². The first kappa shape index (κ1) is 20.4. The average molecular weight is 434 g/mol. The number of aromatic nitrogens is 1. The van der Waals surface area contributed by atoms with Crippen LogP contribution in [0.2, 0.25) is 0 Å². The Bertz CT molecular complexity index is 1110. The van der Waals surface area contributed by atoms with E-state index < -0.39 is 10.0 Å². The van der Waals surface area contributed by atoms with Gasteiger partial charge in [0.2, 0.25) is 10.0 Å². The molecule has 1 heterocycles. The monoisotopic (exact) mass is 433 g/mol. The maximum atomic E-state index is 12.6. The Kier molecular flexibility index (Phi) is 6.07. The first-order valence-corrected chi connectivity index (χ1v) is 12.2. The predicted molar refractivity (Wildman–Crippen MR) is 117 cm³/mol. The summed E-state index contributed by atoms with van der Waals surface area (Å²) in [6, 6.07) is 12.7. The van der Waals surface area contributed by atoms with E-state index in [0.29, 0.717) is 22.1 Å². The van der Waals surface area contributed by atoms with Crippen molar-refractivity contribution in [1.82, 2.24) is 4.98 Å². The van der Waals surface area contributed by atoms with E-state index in [-0.39, 0.29) is 5.91 Å². The van der Waals surface area contributed by atoms with Gasteiger partial charge < -0.3 is 0 Å². The van der Waals surface area contributed by atoms with Gasteiger partial charge in [0, 0.05) is 27.1 Å². The minimum absolute atomic E-state index is 0.193. The minimum atomic E-state index is -3.31. The van der Waals surface area contributed by atoms with Crippen LogP contribution in [0.5, 0.6) is 0 Å². The van der Waals surface area contributed by atoms with Gasteiger partial charge in [-0.05, 0) is 43.0 Å². The molecule has 2 N–H and O–H groups in total. The van der Waals surface area contributed by atoms with Crippen LogP contribution in [0.15, 0.2) is 52.7 Å². The van der Waals surface area contributed by atoms with Crippen molar-refractivity contribution >= 4 is 49.8 Å². The van der Waals surface area contributed by atoms with Gasteiger partial charge >= 0.3 is 0 Å². The fraction of sp³-hybridized carbons (Fsp3) is 0.158. The van der Waals surface area contributed by atoms with Crippen LogP contribution in [0.1, 0.15) is 15.9 Å². The second-order valence-electron chi connectivity index (χ2n) is 6.12. The van der Waals surface area contributed by atoms with Gasteiger partial charge in [0.25, 0.3) is 5.91 Å². The highest BCUT2D eigenvalue weighted by Crippen LogP contribution is 2.27. The van der Waals surface area contributed by atoms with Crippen LogP contribution in [-0.2, 0) is 10.0 Å². The van der Waals surface area contributed by atoms with E-state index >= 15 is 0 Å². The van der Waals surface area contributed by atoms with Gasteiger partial charge in [-0.25, -0.2) is 13.4 Å². The summed E-state index contributed by atoms with van der Waals surface area (Å²) < 4.78 is 25.0. The molecule has 0 radical (unpaired) electrons. The molecule has 0 aliphatic heterocycles. The summed E-state index contributed by atoms with van der Waals surface area (Å²) in [6.45, 7) is 1.90. The molecule has 6 nitrogen and oxygen atoms in total. The molecule has 0 aliphatic carbocycles. The summed E-state index contributed by atoms with van der Waals surface area (Å²) in [5, 5.41) is 5.20. The van der Waals surface area contributed by atoms with Gasteiger partial charge in [-0.15, -0.1) is 23.1 Å². The topological polar surface area (TPSA) is 88.2 Å². The maximum Gasteiger partial charge on any atom is 0.257 e. The number of aryl methyl sites for hydroxylation is 1. The maximum absolute atomic E-state index is 12.6. The zero-order valence-corrected chi connectivity index (χ0v) is 18.0. The Morgan fingerprint density at radius 1 is 1.14 bits per heavy atom. The molecule has 0 atom stereocenters. The third-order valence-corrected chi connectivity index (χ3v) is 5.99. The van der Waals surface area contributed by atoms with E-state index in [1.54, 1.807) is 36.0 Å². The molecule has 0 unspecified atom stereocenters. The molecule has 28 heavy (non-hydrogen) atoms. The van der Waals surface area contributed by atoms with Crippen molar-refractivity contribution in [2.75, 3.05) is 22.6 Å². The summed E-state index contributed by atoms with van der Waals surface area (Å²) in [7, 11) is -3.31. The Morgan fingerprint density at radius 3 is 2.50 bits per heavy atom. The number of rotatable bonds is 6. The molecule has 0 bridgehead atoms. The minimum Gasteiger partial charge on any atom is -0.298 e. The van der Waals surface area contributed by atoms with Gasteiger partial charge in [-0.3, -0.25) is 14.8 Å². The molecule has 9 heteroatoms. The standard InChI is InChI=1S/C19H19N3O3S3/c1-12-4-9-15(26-2)10-16(12)18(23)21-19-20-17(11-27-19)13-5-7-14(8-6-13)22-28(3,24)25/h4-11,22H,1-3H3,(H,20,21,23). The Morgan fingerprint density at radius 2 is 1.86 bits per heavy atom. The molecular formula is C19H19N3O3S3. The van der Waals surface area contributed by atoms with Crippen LogP contribution in [0, 0.1) is 6.92 Å². The van der Waals surface area contributed by atoms with E-state index in [4.69, 9.17) is 0 Å². The molecule has 0 saturated heterocycles. The number of hydrogen-bond donors (Lipinski definition) is 2. The van der Waals surface area contributed by atoms with Crippen LogP contribution in [0.25, 0.3) is 11.3 Å². The lowest BCUT2D eigenvalue weighted by Crippen LogP contribution is -2.13. The number of thioether (sulfide) groups is 1. The van der Waals surface area contributed by atoms with Gasteiger partial charge in [0.1, 0.15) is 0 Å². The lowest BCUT2D eigenvalue weighted by atomic mass is 10.1. The Labute approximate surface area is 172 Å². The predicted octanol–water partition coefficient (Wildman–Crippen LogP) is 4.46. The van der Waals surface area contributed by atoms with Gasteiger partial charge in [-0.1, -0.05) is 18.2 Å². The number of hydrogen-bond acceptors (Lipinski definition) is 6. The first-order chi connectivity index (χ1) is 13.2. The van der Waals surface area contributed by atoms with Crippen molar-refractivity contribution in [1.29, 1.82) is 0 Å². The zero-order chi connectivity index (χ0) is 20.3. The largest absolute Gasteiger partial charge is 0.298 e. The van der Waals surface area contributed by atoms with Crippen molar-refractivity contribution in [3.8, 4) is 11.3 Å². The molecule has 1 amide bonds. The zero-order valence-electron chi connectivity index (χ0n) is 15.5. The molecule has 0 aliphatic rings. The van der Waals surface area contributed by atoms with E-state index in [2.05, 4.69) is 15.0 Å². The van der Waals surface area contributed by atoms with Gasteiger partial charge in [-0.2, -0.15) is 0 Å². The normalized spacial score (nSPS) is 11.2. The van der Waals surface area contributed by atoms with Gasteiger partial charge in [0.15, 0.2) is 5.13 Å². The molecule has 0 spiro atoms. The summed E-state index contributed by atoms with van der Waals surface area (Å²) in [5.74, 6) is -0.193. The van der Waals surface area contributed by atoms with E-state index in [9.17, 15) is 13.2 Å². The summed E-state index contributed by atoms with van der Waals surface area (Å²) in [4.78, 5) is 18.1. The number of amides is 1. The molecule has 3 aromatic rings. The molecule has 2 aromatic carbocycles. The van der Waals surface area contributed by atoms with Crippen LogP contribution >= 0.6 is 23.1 Å². The number of nitrogens with one attached hydrogen (secondary N) is 2. The number of carbonyl (C=O) groups excluding carboxylic acids is 1. The molecule has 0 saturated carbocycles. The lowest BCUT2D eigenvalue weighted by molar-refractivity contribution is 0.102. The molecular weight excluding hydrogens is 414 g/mol. The van der Waals surface area contributed by atoms with E-state index in [1.807, 2.05) is 36.8 Å². The van der Waals surface area contributed by atoms with Crippen molar-refractivity contribution in [3.05, 3.63) is 59.0 Å². The Balaban J connectivity index is 1.75. The van der Waals surface area contributed by atoms with Crippen LogP contribution in [0.3, 0.4) is 0 Å². The molecule has 3 rings (SSSR count). The fourth-order valence-electron chi connectivity index (χ4n) is 2.52. The van der Waals surface area contributed by atoms with Crippen LogP contribution in [-0.4, -0.2) is 31.8 Å². The second kappa shape index (κ2) is 8.34. The summed E-state index contributed by atoms with van der Waals surface area (Å²) >= 11 is 2.92. The quantitative estimate of drug-likeness (QED) is 0.560. The number of carbonyl (C=O) groups is 1. The molecule has 146 valence electrons. The second-order valence-corrected chi connectivity index (χ2v) is 9.61. The van der Waals surface area contributed by atoms with Crippen molar-refractivity contribution in [3.63, 3.8) is 0 Å². The summed E-state index contributed by atoms with van der Waals surface area (Å²) in [5.41, 5.74) is 3.55. The van der Waals surface area contributed by atoms with Gasteiger partial charge in [0.05, 0.1) is 11.9 Å². The van der Waals surface area contributed by atoms with Crippen molar-refractivity contribution < 1.29 is 13.2 Å². The first-order valence-electron chi connectivity index (χ1n) is 8.25. The number of benzene rings is 2. The number of anilines is 2. The van der Waals surface area contributed by atoms with Crippen LogP contribution < -0.4 is 10.0 Å². The summed E-state index contributed by atoms with van der Waals surface area (Å²) in [6.07, 6.45) is 3.07. The number of sulfonamides is 1. The number of nitrogens with zero attached hydrogens (tertiary/aromatic N) is 1. The number of thiazole rings is 1. The van der Waals surface area contributed by atoms with E-state index in [0.717, 1.165) is 22.3 Å². The Hall–Kier alpha value is -2.36. The van der Waals surface area contributed by atoms with E-state index in [1.165, 1.54) is 11.3 Å². The average Bonchev–Trinajstić information content (AvgIpc) is 3.09. The molecule has 1 aromatic heterocycles. The highest BCUT2D eigenvalue weighted by Gasteiger charge is 2.13.